The highest BCUT2D eigenvalue weighted by Crippen LogP contribution is 2.15. The number of esters is 1. The molecule has 0 bridgehead atoms. The normalized spacial score (nSPS) is 11.4. The van der Waals surface area contributed by atoms with Crippen LogP contribution in [-0.2, 0) is 19.6 Å². The molecule has 1 heterocycles. The topological polar surface area (TPSA) is 72.5 Å². The summed E-state index contributed by atoms with van der Waals surface area (Å²) in [5.74, 6) is -0.228. The Labute approximate surface area is 111 Å². The number of unbranched alkanes of at least 4 members (excludes halogenated alkanes) is 2. The van der Waals surface area contributed by atoms with Crippen LogP contribution < -0.4 is 4.72 Å². The Hall–Kier alpha value is -0.920. The summed E-state index contributed by atoms with van der Waals surface area (Å²) in [5.41, 5.74) is 0. The Morgan fingerprint density at radius 1 is 1.39 bits per heavy atom. The van der Waals surface area contributed by atoms with Gasteiger partial charge in [-0.25, -0.2) is 13.1 Å². The zero-order valence-corrected chi connectivity index (χ0v) is 11.9. The Kier molecular flexibility index (Phi) is 6.31. The Balaban J connectivity index is 2.17. The molecule has 0 amide bonds. The molecule has 0 saturated heterocycles. The fraction of sp³-hybridized carbons (Fsp3) is 0.545. The summed E-state index contributed by atoms with van der Waals surface area (Å²) in [4.78, 5) is 10.8. The van der Waals surface area contributed by atoms with E-state index in [4.69, 9.17) is 0 Å². The average Bonchev–Trinajstić information content (AvgIpc) is 2.87. The Morgan fingerprint density at radius 3 is 2.78 bits per heavy atom. The van der Waals surface area contributed by atoms with Crippen LogP contribution in [-0.4, -0.2) is 28.0 Å². The second kappa shape index (κ2) is 7.50. The minimum absolute atomic E-state index is 0.228. The lowest BCUT2D eigenvalue weighted by Crippen LogP contribution is -2.23. The van der Waals surface area contributed by atoms with E-state index in [2.05, 4.69) is 9.46 Å². The first-order chi connectivity index (χ1) is 8.56. The molecule has 0 radical (unpaired) electrons. The van der Waals surface area contributed by atoms with Gasteiger partial charge in [-0.15, -0.1) is 11.3 Å². The summed E-state index contributed by atoms with van der Waals surface area (Å²) in [6, 6.07) is 3.28. The van der Waals surface area contributed by atoms with E-state index in [0.29, 0.717) is 30.0 Å². The Bertz CT molecular complexity index is 453. The van der Waals surface area contributed by atoms with Gasteiger partial charge in [-0.1, -0.05) is 12.5 Å². The van der Waals surface area contributed by atoms with Crippen LogP contribution in [0.2, 0.25) is 0 Å². The number of hydrogen-bond donors (Lipinski definition) is 1. The van der Waals surface area contributed by atoms with Crippen molar-refractivity contribution in [3.8, 4) is 0 Å². The van der Waals surface area contributed by atoms with Crippen molar-refractivity contribution in [3.63, 3.8) is 0 Å². The highest BCUT2D eigenvalue weighted by molar-refractivity contribution is 7.91. The molecular formula is C11H17NO4S2. The molecular weight excluding hydrogens is 274 g/mol. The highest BCUT2D eigenvalue weighted by atomic mass is 32.2. The first-order valence-corrected chi connectivity index (χ1v) is 8.02. The second-order valence-electron chi connectivity index (χ2n) is 3.72. The molecule has 1 N–H and O–H groups in total. The van der Waals surface area contributed by atoms with E-state index in [1.54, 1.807) is 17.5 Å². The standard InChI is InChI=1S/C11H17NO4S2/c1-16-10(13)6-3-2-4-8-12-18(14,15)11-7-5-9-17-11/h5,7,9,12H,2-4,6,8H2,1H3. The van der Waals surface area contributed by atoms with Crippen LogP contribution in [0.25, 0.3) is 0 Å². The lowest BCUT2D eigenvalue weighted by Gasteiger charge is -2.04. The maximum atomic E-state index is 11.7. The monoisotopic (exact) mass is 291 g/mol. The summed E-state index contributed by atoms with van der Waals surface area (Å²) < 4.78 is 30.8. The number of hydrogen-bond acceptors (Lipinski definition) is 5. The maximum absolute atomic E-state index is 11.7. The number of methoxy groups -OCH3 is 1. The molecule has 1 aromatic heterocycles. The van der Waals surface area contributed by atoms with E-state index in [1.807, 2.05) is 0 Å². The lowest BCUT2D eigenvalue weighted by molar-refractivity contribution is -0.140. The number of carbonyl (C=O) groups is 1. The number of nitrogens with one attached hydrogen (secondary N) is 1. The van der Waals surface area contributed by atoms with E-state index < -0.39 is 10.0 Å². The molecule has 0 fully saturated rings. The molecule has 0 unspecified atom stereocenters. The lowest BCUT2D eigenvalue weighted by atomic mass is 10.2. The molecule has 7 heteroatoms. The molecule has 0 aliphatic rings. The van der Waals surface area contributed by atoms with E-state index in [9.17, 15) is 13.2 Å². The summed E-state index contributed by atoms with van der Waals surface area (Å²) in [6.45, 7) is 0.390. The number of carbonyl (C=O) groups excluding carboxylic acids is 1. The molecule has 0 atom stereocenters. The van der Waals surface area contributed by atoms with Crippen molar-refractivity contribution in [2.45, 2.75) is 29.9 Å². The zero-order chi connectivity index (χ0) is 13.4. The molecule has 0 aliphatic heterocycles. The number of rotatable bonds is 8. The molecule has 18 heavy (non-hydrogen) atoms. The first kappa shape index (κ1) is 15.1. The van der Waals surface area contributed by atoms with Crippen LogP contribution in [0.4, 0.5) is 0 Å². The molecule has 102 valence electrons. The smallest absolute Gasteiger partial charge is 0.305 e. The fourth-order valence-corrected chi connectivity index (χ4v) is 3.48. The van der Waals surface area contributed by atoms with Gasteiger partial charge in [-0.05, 0) is 24.3 Å². The van der Waals surface area contributed by atoms with E-state index in [0.717, 1.165) is 6.42 Å². The van der Waals surface area contributed by atoms with Gasteiger partial charge in [0.15, 0.2) is 0 Å². The van der Waals surface area contributed by atoms with Crippen molar-refractivity contribution in [1.29, 1.82) is 0 Å². The average molecular weight is 291 g/mol. The molecule has 0 aliphatic carbocycles. The van der Waals surface area contributed by atoms with Gasteiger partial charge in [0.05, 0.1) is 7.11 Å². The van der Waals surface area contributed by atoms with Gasteiger partial charge in [0.1, 0.15) is 4.21 Å². The highest BCUT2D eigenvalue weighted by Gasteiger charge is 2.13. The van der Waals surface area contributed by atoms with Gasteiger partial charge in [0.2, 0.25) is 10.0 Å². The number of thiophene rings is 1. The maximum Gasteiger partial charge on any atom is 0.305 e. The minimum atomic E-state index is -3.35. The van der Waals surface area contributed by atoms with Crippen LogP contribution >= 0.6 is 11.3 Å². The predicted octanol–water partition coefficient (Wildman–Crippen LogP) is 1.76. The zero-order valence-electron chi connectivity index (χ0n) is 10.2. The molecule has 0 aromatic carbocycles. The number of ether oxygens (including phenoxy) is 1. The van der Waals surface area contributed by atoms with Crippen LogP contribution in [0.3, 0.4) is 0 Å². The molecule has 0 spiro atoms. The summed E-state index contributed by atoms with van der Waals surface area (Å²) in [6.07, 6.45) is 2.60. The molecule has 0 saturated carbocycles. The second-order valence-corrected chi connectivity index (χ2v) is 6.66. The van der Waals surface area contributed by atoms with Crippen molar-refractivity contribution >= 4 is 27.3 Å². The third kappa shape index (κ3) is 5.16. The van der Waals surface area contributed by atoms with Crippen LogP contribution in [0.1, 0.15) is 25.7 Å². The van der Waals surface area contributed by atoms with Crippen molar-refractivity contribution in [1.82, 2.24) is 4.72 Å². The van der Waals surface area contributed by atoms with Gasteiger partial charge >= 0.3 is 5.97 Å². The largest absolute Gasteiger partial charge is 0.469 e. The Morgan fingerprint density at radius 2 is 2.17 bits per heavy atom. The van der Waals surface area contributed by atoms with E-state index in [-0.39, 0.29) is 5.97 Å². The van der Waals surface area contributed by atoms with Crippen LogP contribution in [0, 0.1) is 0 Å². The quantitative estimate of drug-likeness (QED) is 0.585. The van der Waals surface area contributed by atoms with Gasteiger partial charge in [0.25, 0.3) is 0 Å². The van der Waals surface area contributed by atoms with Gasteiger partial charge < -0.3 is 4.74 Å². The molecule has 5 nitrogen and oxygen atoms in total. The van der Waals surface area contributed by atoms with Crippen molar-refractivity contribution in [2.24, 2.45) is 0 Å². The van der Waals surface area contributed by atoms with Crippen LogP contribution in [0.15, 0.2) is 21.7 Å². The van der Waals surface area contributed by atoms with Crippen LogP contribution in [0.5, 0.6) is 0 Å². The number of sulfonamides is 1. The van der Waals surface area contributed by atoms with E-state index >= 15 is 0 Å². The van der Waals surface area contributed by atoms with Gasteiger partial charge in [-0.3, -0.25) is 4.79 Å². The first-order valence-electron chi connectivity index (χ1n) is 5.66. The fourth-order valence-electron chi connectivity index (χ4n) is 1.37. The van der Waals surface area contributed by atoms with Crippen molar-refractivity contribution < 1.29 is 17.9 Å². The van der Waals surface area contributed by atoms with Gasteiger partial charge in [0, 0.05) is 13.0 Å². The molecule has 1 aromatic rings. The summed E-state index contributed by atoms with van der Waals surface area (Å²) >= 11 is 1.19. The predicted molar refractivity (Wildman–Crippen MR) is 70.0 cm³/mol. The van der Waals surface area contributed by atoms with Crippen molar-refractivity contribution in [2.75, 3.05) is 13.7 Å². The third-order valence-corrected chi connectivity index (χ3v) is 5.20. The third-order valence-electron chi connectivity index (χ3n) is 2.34. The van der Waals surface area contributed by atoms with Gasteiger partial charge in [-0.2, -0.15) is 0 Å². The SMILES string of the molecule is COC(=O)CCCCCNS(=O)(=O)c1cccs1. The van der Waals surface area contributed by atoms with Crippen molar-refractivity contribution in [3.05, 3.63) is 17.5 Å². The van der Waals surface area contributed by atoms with E-state index in [1.165, 1.54) is 18.4 Å². The summed E-state index contributed by atoms with van der Waals surface area (Å²) in [5, 5.41) is 1.73. The summed E-state index contributed by atoms with van der Waals surface area (Å²) in [7, 11) is -1.99. The molecule has 1 rings (SSSR count). The minimum Gasteiger partial charge on any atom is -0.469 e.